The van der Waals surface area contributed by atoms with Gasteiger partial charge < -0.3 is 5.73 Å². The van der Waals surface area contributed by atoms with Crippen LogP contribution in [0.25, 0.3) is 0 Å². The molecular formula is C10H20NO. The highest BCUT2D eigenvalue weighted by molar-refractivity contribution is 5.74. The third kappa shape index (κ3) is 6.20. The second-order valence-electron chi connectivity index (χ2n) is 3.70. The van der Waals surface area contributed by atoms with E-state index in [0.29, 0.717) is 18.3 Å². The van der Waals surface area contributed by atoms with E-state index in [4.69, 9.17) is 5.73 Å². The third-order valence-electron chi connectivity index (χ3n) is 1.93. The molecule has 2 heteroatoms. The average molecular weight is 170 g/mol. The van der Waals surface area contributed by atoms with Gasteiger partial charge in [-0.25, -0.2) is 0 Å². The van der Waals surface area contributed by atoms with E-state index in [-0.39, 0.29) is 5.91 Å². The van der Waals surface area contributed by atoms with Crippen LogP contribution in [0.3, 0.4) is 0 Å². The molecule has 0 aliphatic rings. The van der Waals surface area contributed by atoms with Gasteiger partial charge in [-0.05, 0) is 24.7 Å². The Labute approximate surface area is 75.5 Å². The lowest BCUT2D eigenvalue weighted by atomic mass is 9.93. The number of nitrogens with two attached hydrogens (primary N) is 1. The molecule has 0 aromatic rings. The topological polar surface area (TPSA) is 43.1 Å². The molecule has 0 unspecified atom stereocenters. The van der Waals surface area contributed by atoms with Gasteiger partial charge in [-0.15, -0.1) is 0 Å². The Morgan fingerprint density at radius 3 is 2.42 bits per heavy atom. The normalized spacial score (nSPS) is 13.3. The maximum absolute atomic E-state index is 10.6. The summed E-state index contributed by atoms with van der Waals surface area (Å²) in [6.07, 6.45) is 4.81. The first-order chi connectivity index (χ1) is 5.56. The fourth-order valence-electron chi connectivity index (χ4n) is 1.12. The van der Waals surface area contributed by atoms with Gasteiger partial charge in [0, 0.05) is 6.42 Å². The molecule has 0 aromatic carbocycles. The summed E-state index contributed by atoms with van der Waals surface area (Å²) in [5.74, 6) is 0.860. The zero-order chi connectivity index (χ0) is 9.56. The molecule has 1 atom stereocenters. The SMILES string of the molecule is CC[C@@H]([CH]CC(C)C)CC(N)=O. The highest BCUT2D eigenvalue weighted by Crippen LogP contribution is 2.16. The van der Waals surface area contributed by atoms with E-state index in [1.54, 1.807) is 0 Å². The van der Waals surface area contributed by atoms with Crippen molar-refractivity contribution in [1.29, 1.82) is 0 Å². The summed E-state index contributed by atoms with van der Waals surface area (Å²) < 4.78 is 0. The number of hydrogen-bond acceptors (Lipinski definition) is 1. The highest BCUT2D eigenvalue weighted by atomic mass is 16.1. The summed E-state index contributed by atoms with van der Waals surface area (Å²) in [6.45, 7) is 6.44. The standard InChI is InChI=1S/C10H20NO/c1-4-9(7-10(11)12)6-5-8(2)3/h6,8-9H,4-5,7H2,1-3H3,(H2,11,12)/t9-/m0/s1. The fraction of sp³-hybridized carbons (Fsp3) is 0.800. The predicted molar refractivity (Wildman–Crippen MR) is 51.3 cm³/mol. The lowest BCUT2D eigenvalue weighted by molar-refractivity contribution is -0.118. The second kappa shape index (κ2) is 6.04. The molecule has 2 nitrogen and oxygen atoms in total. The van der Waals surface area contributed by atoms with Gasteiger partial charge in [-0.2, -0.15) is 0 Å². The molecule has 0 aliphatic heterocycles. The van der Waals surface area contributed by atoms with Gasteiger partial charge in [-0.1, -0.05) is 27.2 Å². The van der Waals surface area contributed by atoms with Crippen molar-refractivity contribution >= 4 is 5.91 Å². The largest absolute Gasteiger partial charge is 0.370 e. The number of primary amides is 1. The molecule has 0 bridgehead atoms. The summed E-state index contributed by atoms with van der Waals surface area (Å²) in [4.78, 5) is 10.6. The van der Waals surface area contributed by atoms with Gasteiger partial charge in [0.15, 0.2) is 0 Å². The molecule has 0 saturated carbocycles. The Morgan fingerprint density at radius 1 is 1.50 bits per heavy atom. The summed E-state index contributed by atoms with van der Waals surface area (Å²) in [6, 6.07) is 0. The minimum absolute atomic E-state index is 0.193. The lowest BCUT2D eigenvalue weighted by Crippen LogP contribution is -2.16. The van der Waals surface area contributed by atoms with Crippen molar-refractivity contribution in [2.45, 2.75) is 40.0 Å². The van der Waals surface area contributed by atoms with Crippen LogP contribution in [0.1, 0.15) is 40.0 Å². The minimum atomic E-state index is -0.193. The van der Waals surface area contributed by atoms with E-state index >= 15 is 0 Å². The van der Waals surface area contributed by atoms with E-state index in [1.807, 2.05) is 0 Å². The Balaban J connectivity index is 3.60. The van der Waals surface area contributed by atoms with Gasteiger partial charge in [-0.3, -0.25) is 4.79 Å². The molecule has 1 amide bonds. The van der Waals surface area contributed by atoms with E-state index < -0.39 is 0 Å². The molecule has 0 saturated heterocycles. The second-order valence-corrected chi connectivity index (χ2v) is 3.70. The molecule has 0 aromatic heterocycles. The van der Waals surface area contributed by atoms with Crippen LogP contribution in [0.5, 0.6) is 0 Å². The summed E-state index contributed by atoms with van der Waals surface area (Å²) in [5.41, 5.74) is 5.12. The van der Waals surface area contributed by atoms with Gasteiger partial charge >= 0.3 is 0 Å². The number of rotatable bonds is 6. The minimum Gasteiger partial charge on any atom is -0.370 e. The quantitative estimate of drug-likeness (QED) is 0.652. The molecule has 0 aliphatic carbocycles. The van der Waals surface area contributed by atoms with Gasteiger partial charge in [0.05, 0.1) is 0 Å². The number of amides is 1. The summed E-state index contributed by atoms with van der Waals surface area (Å²) in [5, 5.41) is 0. The average Bonchev–Trinajstić information content (AvgIpc) is 1.97. The van der Waals surface area contributed by atoms with Crippen molar-refractivity contribution in [3.63, 3.8) is 0 Å². The van der Waals surface area contributed by atoms with Crippen molar-refractivity contribution in [2.24, 2.45) is 17.6 Å². The van der Waals surface area contributed by atoms with Gasteiger partial charge in [0.25, 0.3) is 0 Å². The lowest BCUT2D eigenvalue weighted by Gasteiger charge is -2.13. The smallest absolute Gasteiger partial charge is 0.217 e. The van der Waals surface area contributed by atoms with E-state index in [9.17, 15) is 4.79 Å². The predicted octanol–water partition coefficient (Wildman–Crippen LogP) is 2.14. The first kappa shape index (κ1) is 11.5. The van der Waals surface area contributed by atoms with Crippen molar-refractivity contribution < 1.29 is 4.79 Å². The maximum Gasteiger partial charge on any atom is 0.217 e. The Morgan fingerprint density at radius 2 is 2.08 bits per heavy atom. The van der Waals surface area contributed by atoms with E-state index in [2.05, 4.69) is 27.2 Å². The van der Waals surface area contributed by atoms with Crippen LogP contribution < -0.4 is 5.73 Å². The molecule has 0 spiro atoms. The van der Waals surface area contributed by atoms with E-state index in [1.165, 1.54) is 0 Å². The highest BCUT2D eigenvalue weighted by Gasteiger charge is 2.10. The Kier molecular flexibility index (Phi) is 5.77. The van der Waals surface area contributed by atoms with Gasteiger partial charge in [0.1, 0.15) is 0 Å². The molecule has 0 heterocycles. The fourth-order valence-corrected chi connectivity index (χ4v) is 1.12. The number of carbonyl (C=O) groups is 1. The Bertz CT molecular complexity index is 132. The molecule has 71 valence electrons. The van der Waals surface area contributed by atoms with Crippen LogP contribution in [0, 0.1) is 18.3 Å². The Hall–Kier alpha value is -0.530. The number of carbonyl (C=O) groups excluding carboxylic acids is 1. The zero-order valence-corrected chi connectivity index (χ0v) is 8.34. The molecule has 0 rings (SSSR count). The molecule has 0 fully saturated rings. The van der Waals surface area contributed by atoms with E-state index in [0.717, 1.165) is 12.8 Å². The monoisotopic (exact) mass is 170 g/mol. The summed E-state index contributed by atoms with van der Waals surface area (Å²) >= 11 is 0. The molecule has 2 N–H and O–H groups in total. The first-order valence-corrected chi connectivity index (χ1v) is 4.67. The van der Waals surface area contributed by atoms with Crippen LogP contribution in [-0.2, 0) is 4.79 Å². The van der Waals surface area contributed by atoms with Crippen LogP contribution in [0.15, 0.2) is 0 Å². The first-order valence-electron chi connectivity index (χ1n) is 4.67. The van der Waals surface area contributed by atoms with Crippen molar-refractivity contribution in [2.75, 3.05) is 0 Å². The van der Waals surface area contributed by atoms with Crippen LogP contribution in [0.2, 0.25) is 0 Å². The number of hydrogen-bond donors (Lipinski definition) is 1. The van der Waals surface area contributed by atoms with Gasteiger partial charge in [0.2, 0.25) is 5.91 Å². The van der Waals surface area contributed by atoms with Crippen LogP contribution in [-0.4, -0.2) is 5.91 Å². The zero-order valence-electron chi connectivity index (χ0n) is 8.34. The van der Waals surface area contributed by atoms with Crippen molar-refractivity contribution in [3.8, 4) is 0 Å². The third-order valence-corrected chi connectivity index (χ3v) is 1.93. The van der Waals surface area contributed by atoms with Crippen molar-refractivity contribution in [3.05, 3.63) is 6.42 Å². The van der Waals surface area contributed by atoms with Crippen LogP contribution in [0.4, 0.5) is 0 Å². The molecule has 12 heavy (non-hydrogen) atoms. The summed E-state index contributed by atoms with van der Waals surface area (Å²) in [7, 11) is 0. The molecule has 1 radical (unpaired) electrons. The van der Waals surface area contributed by atoms with Crippen LogP contribution >= 0.6 is 0 Å². The van der Waals surface area contributed by atoms with Crippen molar-refractivity contribution in [1.82, 2.24) is 0 Å². The maximum atomic E-state index is 10.6. The molecular weight excluding hydrogens is 150 g/mol.